The van der Waals surface area contributed by atoms with E-state index in [-0.39, 0.29) is 23.2 Å². The van der Waals surface area contributed by atoms with Crippen LogP contribution in [0.2, 0.25) is 0 Å². The van der Waals surface area contributed by atoms with Crippen LogP contribution in [0.5, 0.6) is 0 Å². The summed E-state index contributed by atoms with van der Waals surface area (Å²) < 4.78 is 12.9. The number of hydrogen-bond donors (Lipinski definition) is 3. The lowest BCUT2D eigenvalue weighted by Crippen LogP contribution is -2.44. The molecule has 1 aliphatic heterocycles. The third-order valence-electron chi connectivity index (χ3n) is 4.13. The summed E-state index contributed by atoms with van der Waals surface area (Å²) in [4.78, 5) is 12.3. The number of aliphatic hydroxyl groups excluding tert-OH is 1. The van der Waals surface area contributed by atoms with E-state index >= 15 is 0 Å². The van der Waals surface area contributed by atoms with Crippen LogP contribution in [0.25, 0.3) is 0 Å². The highest BCUT2D eigenvalue weighted by molar-refractivity contribution is 5.83. The smallest absolute Gasteiger partial charge is 0.227 e. The Bertz CT molecular complexity index is 484. The Labute approximate surface area is 124 Å². The second-order valence-electron chi connectivity index (χ2n) is 6.16. The van der Waals surface area contributed by atoms with Crippen molar-refractivity contribution < 1.29 is 14.3 Å². The van der Waals surface area contributed by atoms with Crippen LogP contribution in [0.4, 0.5) is 4.39 Å². The van der Waals surface area contributed by atoms with E-state index in [1.807, 2.05) is 13.8 Å². The fourth-order valence-corrected chi connectivity index (χ4v) is 2.62. The lowest BCUT2D eigenvalue weighted by molar-refractivity contribution is -0.130. The van der Waals surface area contributed by atoms with Gasteiger partial charge in [-0.3, -0.25) is 4.79 Å². The first kappa shape index (κ1) is 15.9. The molecule has 1 amide bonds. The average Bonchev–Trinajstić information content (AvgIpc) is 2.87. The minimum absolute atomic E-state index is 0.0197. The lowest BCUT2D eigenvalue weighted by Gasteiger charge is -2.25. The first-order valence-corrected chi connectivity index (χ1v) is 7.36. The number of hydrogen-bond acceptors (Lipinski definition) is 3. The predicted octanol–water partition coefficient (Wildman–Crippen LogP) is 1.75. The van der Waals surface area contributed by atoms with Crippen molar-refractivity contribution in [3.8, 4) is 0 Å². The summed E-state index contributed by atoms with van der Waals surface area (Å²) >= 11 is 0. The molecule has 0 aliphatic carbocycles. The zero-order valence-corrected chi connectivity index (χ0v) is 12.5. The highest BCUT2D eigenvalue weighted by atomic mass is 19.1. The van der Waals surface area contributed by atoms with Gasteiger partial charge in [0.05, 0.1) is 11.5 Å². The van der Waals surface area contributed by atoms with Crippen LogP contribution in [-0.2, 0) is 4.79 Å². The summed E-state index contributed by atoms with van der Waals surface area (Å²) in [6.07, 6.45) is 0.517. The fraction of sp³-hybridized carbons (Fsp3) is 0.562. The molecular formula is C16H23FN2O2. The Hall–Kier alpha value is -1.46. The van der Waals surface area contributed by atoms with Gasteiger partial charge >= 0.3 is 0 Å². The van der Waals surface area contributed by atoms with E-state index in [0.717, 1.165) is 13.0 Å². The first-order chi connectivity index (χ1) is 9.90. The molecule has 3 atom stereocenters. The number of nitrogens with one attached hydrogen (secondary N) is 2. The van der Waals surface area contributed by atoms with E-state index < -0.39 is 6.10 Å². The van der Waals surface area contributed by atoms with Gasteiger partial charge in [0, 0.05) is 12.6 Å². The summed E-state index contributed by atoms with van der Waals surface area (Å²) in [5.41, 5.74) is 0.293. The van der Waals surface area contributed by atoms with Crippen molar-refractivity contribution in [3.63, 3.8) is 0 Å². The maximum atomic E-state index is 12.9. The van der Waals surface area contributed by atoms with Crippen LogP contribution in [0.3, 0.4) is 0 Å². The highest BCUT2D eigenvalue weighted by Crippen LogP contribution is 2.25. The number of rotatable bonds is 5. The van der Waals surface area contributed by atoms with Crippen molar-refractivity contribution in [3.05, 3.63) is 35.6 Å². The van der Waals surface area contributed by atoms with Crippen LogP contribution in [0.15, 0.2) is 24.3 Å². The summed E-state index contributed by atoms with van der Waals surface area (Å²) in [5.74, 6) is -0.305. The van der Waals surface area contributed by atoms with Crippen LogP contribution < -0.4 is 10.6 Å². The summed E-state index contributed by atoms with van der Waals surface area (Å²) in [6, 6.07) is 5.64. The van der Waals surface area contributed by atoms with Gasteiger partial charge in [0.25, 0.3) is 0 Å². The standard InChI is InChI=1S/C16H23FN2O2/c1-11(19-15(21)16(2)7-8-18-10-16)9-14(20)12-3-5-13(17)6-4-12/h3-6,11,14,18,20H,7-10H2,1-2H3,(H,19,21). The van der Waals surface area contributed by atoms with E-state index in [1.54, 1.807) is 12.1 Å². The molecule has 21 heavy (non-hydrogen) atoms. The summed E-state index contributed by atoms with van der Waals surface area (Å²) in [7, 11) is 0. The maximum absolute atomic E-state index is 12.9. The molecule has 4 nitrogen and oxygen atoms in total. The lowest BCUT2D eigenvalue weighted by atomic mass is 9.88. The Morgan fingerprint density at radius 1 is 1.48 bits per heavy atom. The molecule has 1 fully saturated rings. The quantitative estimate of drug-likeness (QED) is 0.775. The monoisotopic (exact) mass is 294 g/mol. The normalized spacial score (nSPS) is 24.6. The zero-order chi connectivity index (χ0) is 15.5. The number of carbonyl (C=O) groups is 1. The highest BCUT2D eigenvalue weighted by Gasteiger charge is 2.36. The fourth-order valence-electron chi connectivity index (χ4n) is 2.62. The minimum Gasteiger partial charge on any atom is -0.388 e. The molecule has 5 heteroatoms. The molecule has 1 saturated heterocycles. The molecule has 1 heterocycles. The summed E-state index contributed by atoms with van der Waals surface area (Å²) in [6.45, 7) is 5.37. The van der Waals surface area contributed by atoms with E-state index in [2.05, 4.69) is 10.6 Å². The number of carbonyl (C=O) groups excluding carboxylic acids is 1. The average molecular weight is 294 g/mol. The van der Waals surface area contributed by atoms with Crippen molar-refractivity contribution >= 4 is 5.91 Å². The number of halogens is 1. The molecule has 2 rings (SSSR count). The minimum atomic E-state index is -0.713. The second kappa shape index (κ2) is 6.54. The van der Waals surface area contributed by atoms with E-state index in [9.17, 15) is 14.3 Å². The third kappa shape index (κ3) is 4.02. The van der Waals surface area contributed by atoms with E-state index in [0.29, 0.717) is 18.5 Å². The van der Waals surface area contributed by atoms with Gasteiger partial charge in [-0.1, -0.05) is 12.1 Å². The number of amides is 1. The van der Waals surface area contributed by atoms with Gasteiger partial charge in [-0.25, -0.2) is 4.39 Å². The molecule has 1 aromatic rings. The van der Waals surface area contributed by atoms with Crippen LogP contribution in [0, 0.1) is 11.2 Å². The van der Waals surface area contributed by atoms with E-state index in [4.69, 9.17) is 0 Å². The first-order valence-electron chi connectivity index (χ1n) is 7.36. The van der Waals surface area contributed by atoms with Crippen molar-refractivity contribution in [2.45, 2.75) is 38.8 Å². The van der Waals surface area contributed by atoms with E-state index in [1.165, 1.54) is 12.1 Å². The Morgan fingerprint density at radius 3 is 2.71 bits per heavy atom. The molecule has 1 aromatic carbocycles. The third-order valence-corrected chi connectivity index (χ3v) is 4.13. The van der Waals surface area contributed by atoms with Gasteiger partial charge in [-0.2, -0.15) is 0 Å². The summed E-state index contributed by atoms with van der Waals surface area (Å²) in [5, 5.41) is 16.3. The molecule has 1 aliphatic rings. The molecule has 0 saturated carbocycles. The Kier molecular flexibility index (Phi) is 4.96. The van der Waals surface area contributed by atoms with Crippen molar-refractivity contribution in [1.82, 2.24) is 10.6 Å². The predicted molar refractivity (Wildman–Crippen MR) is 79.2 cm³/mol. The largest absolute Gasteiger partial charge is 0.388 e. The molecular weight excluding hydrogens is 271 g/mol. The SMILES string of the molecule is CC(CC(O)c1ccc(F)cc1)NC(=O)C1(C)CCNC1. The van der Waals surface area contributed by atoms with Gasteiger partial charge < -0.3 is 15.7 Å². The van der Waals surface area contributed by atoms with Gasteiger partial charge in [-0.05, 0) is 50.9 Å². The molecule has 3 unspecified atom stereocenters. The Morgan fingerprint density at radius 2 is 2.14 bits per heavy atom. The van der Waals surface area contributed by atoms with Crippen molar-refractivity contribution in [2.75, 3.05) is 13.1 Å². The molecule has 0 spiro atoms. The zero-order valence-electron chi connectivity index (χ0n) is 12.5. The number of aliphatic hydroxyl groups is 1. The second-order valence-corrected chi connectivity index (χ2v) is 6.16. The van der Waals surface area contributed by atoms with Crippen molar-refractivity contribution in [2.24, 2.45) is 5.41 Å². The topological polar surface area (TPSA) is 61.4 Å². The van der Waals surface area contributed by atoms with Crippen LogP contribution in [0.1, 0.15) is 38.4 Å². The molecule has 0 bridgehead atoms. The maximum Gasteiger partial charge on any atom is 0.227 e. The molecule has 116 valence electrons. The molecule has 0 radical (unpaired) electrons. The van der Waals surface area contributed by atoms with Gasteiger partial charge in [-0.15, -0.1) is 0 Å². The van der Waals surface area contributed by atoms with Crippen LogP contribution in [-0.4, -0.2) is 30.1 Å². The van der Waals surface area contributed by atoms with Crippen molar-refractivity contribution in [1.29, 1.82) is 0 Å². The molecule has 0 aromatic heterocycles. The van der Waals surface area contributed by atoms with Crippen LogP contribution >= 0.6 is 0 Å². The van der Waals surface area contributed by atoms with Gasteiger partial charge in [0.15, 0.2) is 0 Å². The molecule has 3 N–H and O–H groups in total. The Balaban J connectivity index is 1.87. The van der Waals surface area contributed by atoms with Gasteiger partial charge in [0.1, 0.15) is 5.82 Å². The van der Waals surface area contributed by atoms with Gasteiger partial charge in [0.2, 0.25) is 5.91 Å². The number of benzene rings is 1.